The molecule has 1 aromatic rings. The van der Waals surface area contributed by atoms with Crippen molar-refractivity contribution in [2.24, 2.45) is 7.05 Å². The van der Waals surface area contributed by atoms with Gasteiger partial charge < -0.3 is 10.5 Å². The number of aromatic nitrogens is 2. The molecule has 0 spiro atoms. The summed E-state index contributed by atoms with van der Waals surface area (Å²) in [5.41, 5.74) is 8.02. The van der Waals surface area contributed by atoms with Crippen molar-refractivity contribution >= 4 is 5.69 Å². The molecule has 4 nitrogen and oxygen atoms in total. The Bertz CT molecular complexity index is 307. The number of anilines is 1. The van der Waals surface area contributed by atoms with Gasteiger partial charge in [0, 0.05) is 25.7 Å². The molecule has 14 heavy (non-hydrogen) atoms. The van der Waals surface area contributed by atoms with Crippen molar-refractivity contribution < 1.29 is 4.74 Å². The highest BCUT2D eigenvalue weighted by atomic mass is 16.5. The lowest BCUT2D eigenvalue weighted by Crippen LogP contribution is -2.33. The van der Waals surface area contributed by atoms with Crippen LogP contribution in [0.2, 0.25) is 0 Å². The van der Waals surface area contributed by atoms with Crippen LogP contribution in [-0.2, 0) is 17.2 Å². The van der Waals surface area contributed by atoms with E-state index in [-0.39, 0.29) is 5.41 Å². The van der Waals surface area contributed by atoms with Gasteiger partial charge in [-0.15, -0.1) is 0 Å². The van der Waals surface area contributed by atoms with Crippen LogP contribution in [0.25, 0.3) is 0 Å². The van der Waals surface area contributed by atoms with Crippen LogP contribution in [0.15, 0.2) is 6.20 Å². The van der Waals surface area contributed by atoms with Gasteiger partial charge >= 0.3 is 0 Å². The van der Waals surface area contributed by atoms with E-state index in [0.717, 1.165) is 37.4 Å². The molecular formula is C10H17N3O. The van der Waals surface area contributed by atoms with E-state index in [9.17, 15) is 0 Å². The summed E-state index contributed by atoms with van der Waals surface area (Å²) in [5.74, 6) is 0. The fourth-order valence-electron chi connectivity index (χ4n) is 2.25. The Labute approximate surface area is 84.0 Å². The fourth-order valence-corrected chi connectivity index (χ4v) is 2.25. The van der Waals surface area contributed by atoms with Gasteiger partial charge in [0.2, 0.25) is 0 Å². The number of hydrogen-bond acceptors (Lipinski definition) is 3. The monoisotopic (exact) mass is 195 g/mol. The Morgan fingerprint density at radius 2 is 2.14 bits per heavy atom. The van der Waals surface area contributed by atoms with Gasteiger partial charge in [0.25, 0.3) is 0 Å². The third-order valence-electron chi connectivity index (χ3n) is 3.14. The van der Waals surface area contributed by atoms with Crippen LogP contribution in [0, 0.1) is 0 Å². The van der Waals surface area contributed by atoms with Crippen LogP contribution >= 0.6 is 0 Å². The SMILES string of the molecule is Cn1ncc(N)c1C1(C)CCOCC1. The summed E-state index contributed by atoms with van der Waals surface area (Å²) in [5, 5.41) is 4.19. The predicted molar refractivity (Wildman–Crippen MR) is 55.0 cm³/mol. The van der Waals surface area contributed by atoms with Gasteiger partial charge in [-0.3, -0.25) is 4.68 Å². The number of nitrogens with two attached hydrogens (primary N) is 1. The molecule has 1 aliphatic rings. The second kappa shape index (κ2) is 3.28. The molecule has 0 unspecified atom stereocenters. The molecule has 2 heterocycles. The third kappa shape index (κ3) is 1.39. The first kappa shape index (κ1) is 9.52. The summed E-state index contributed by atoms with van der Waals surface area (Å²) in [6.45, 7) is 3.88. The molecule has 2 rings (SSSR count). The molecule has 2 N–H and O–H groups in total. The maximum atomic E-state index is 5.93. The molecule has 1 aromatic heterocycles. The van der Waals surface area contributed by atoms with E-state index < -0.39 is 0 Å². The molecule has 1 aliphatic heterocycles. The zero-order chi connectivity index (χ0) is 10.2. The van der Waals surface area contributed by atoms with E-state index in [1.807, 2.05) is 11.7 Å². The summed E-state index contributed by atoms with van der Waals surface area (Å²) >= 11 is 0. The molecule has 1 saturated heterocycles. The van der Waals surface area contributed by atoms with E-state index in [1.165, 1.54) is 0 Å². The van der Waals surface area contributed by atoms with Crippen LogP contribution in [0.3, 0.4) is 0 Å². The molecule has 0 bridgehead atoms. The minimum absolute atomic E-state index is 0.133. The molecular weight excluding hydrogens is 178 g/mol. The van der Waals surface area contributed by atoms with E-state index in [4.69, 9.17) is 10.5 Å². The summed E-state index contributed by atoms with van der Waals surface area (Å²) in [4.78, 5) is 0. The van der Waals surface area contributed by atoms with E-state index >= 15 is 0 Å². The molecule has 0 aromatic carbocycles. The molecule has 0 saturated carbocycles. The predicted octanol–water partition coefficient (Wildman–Crippen LogP) is 1.07. The van der Waals surface area contributed by atoms with Crippen molar-refractivity contribution in [1.29, 1.82) is 0 Å². The van der Waals surface area contributed by atoms with Crippen molar-refractivity contribution in [3.8, 4) is 0 Å². The number of nitrogens with zero attached hydrogens (tertiary/aromatic N) is 2. The van der Waals surface area contributed by atoms with Crippen LogP contribution in [0.5, 0.6) is 0 Å². The average molecular weight is 195 g/mol. The lowest BCUT2D eigenvalue weighted by atomic mass is 9.79. The van der Waals surface area contributed by atoms with Crippen LogP contribution in [0.4, 0.5) is 5.69 Å². The van der Waals surface area contributed by atoms with Gasteiger partial charge in [0.1, 0.15) is 0 Å². The highest BCUT2D eigenvalue weighted by Gasteiger charge is 2.33. The zero-order valence-electron chi connectivity index (χ0n) is 8.79. The quantitative estimate of drug-likeness (QED) is 0.729. The first-order chi connectivity index (χ1) is 6.63. The number of aryl methyl sites for hydroxylation is 1. The topological polar surface area (TPSA) is 53.1 Å². The molecule has 0 radical (unpaired) electrons. The highest BCUT2D eigenvalue weighted by molar-refractivity contribution is 5.45. The van der Waals surface area contributed by atoms with Gasteiger partial charge in [-0.1, -0.05) is 6.92 Å². The smallest absolute Gasteiger partial charge is 0.0738 e. The fraction of sp³-hybridized carbons (Fsp3) is 0.700. The van der Waals surface area contributed by atoms with Crippen LogP contribution in [0.1, 0.15) is 25.5 Å². The van der Waals surface area contributed by atoms with Gasteiger partial charge in [-0.2, -0.15) is 5.10 Å². The average Bonchev–Trinajstić information content (AvgIpc) is 2.48. The van der Waals surface area contributed by atoms with Gasteiger partial charge in [0.05, 0.1) is 17.6 Å². The Morgan fingerprint density at radius 3 is 2.64 bits per heavy atom. The Morgan fingerprint density at radius 1 is 1.50 bits per heavy atom. The van der Waals surface area contributed by atoms with Crippen LogP contribution in [-0.4, -0.2) is 23.0 Å². The molecule has 1 fully saturated rings. The third-order valence-corrected chi connectivity index (χ3v) is 3.14. The summed E-state index contributed by atoms with van der Waals surface area (Å²) < 4.78 is 7.26. The van der Waals surface area contributed by atoms with E-state index in [2.05, 4.69) is 12.0 Å². The Kier molecular flexibility index (Phi) is 2.23. The van der Waals surface area contributed by atoms with Crippen molar-refractivity contribution in [2.75, 3.05) is 18.9 Å². The molecule has 0 atom stereocenters. The molecule has 0 amide bonds. The summed E-state index contributed by atoms with van der Waals surface area (Å²) in [7, 11) is 1.95. The minimum atomic E-state index is 0.133. The molecule has 0 aliphatic carbocycles. The summed E-state index contributed by atoms with van der Waals surface area (Å²) in [6.07, 6.45) is 3.78. The second-order valence-corrected chi connectivity index (χ2v) is 4.25. The largest absolute Gasteiger partial charge is 0.396 e. The lowest BCUT2D eigenvalue weighted by Gasteiger charge is -2.33. The van der Waals surface area contributed by atoms with Crippen molar-refractivity contribution in [2.45, 2.75) is 25.2 Å². The second-order valence-electron chi connectivity index (χ2n) is 4.25. The normalized spacial score (nSPS) is 21.0. The van der Waals surface area contributed by atoms with E-state index in [0.29, 0.717) is 0 Å². The number of hydrogen-bond donors (Lipinski definition) is 1. The molecule has 78 valence electrons. The minimum Gasteiger partial charge on any atom is -0.396 e. The van der Waals surface area contributed by atoms with Gasteiger partial charge in [-0.25, -0.2) is 0 Å². The first-order valence-corrected chi connectivity index (χ1v) is 4.99. The number of ether oxygens (including phenoxy) is 1. The number of rotatable bonds is 1. The maximum Gasteiger partial charge on any atom is 0.0738 e. The Balaban J connectivity index is 2.36. The Hall–Kier alpha value is -1.03. The lowest BCUT2D eigenvalue weighted by molar-refractivity contribution is 0.0540. The highest BCUT2D eigenvalue weighted by Crippen LogP contribution is 2.36. The van der Waals surface area contributed by atoms with Gasteiger partial charge in [-0.05, 0) is 12.8 Å². The summed E-state index contributed by atoms with van der Waals surface area (Å²) in [6, 6.07) is 0. The number of nitrogen functional groups attached to an aromatic ring is 1. The zero-order valence-corrected chi connectivity index (χ0v) is 8.79. The van der Waals surface area contributed by atoms with E-state index in [1.54, 1.807) is 6.20 Å². The van der Waals surface area contributed by atoms with Gasteiger partial charge in [0.15, 0.2) is 0 Å². The van der Waals surface area contributed by atoms with Crippen molar-refractivity contribution in [1.82, 2.24) is 9.78 Å². The van der Waals surface area contributed by atoms with Crippen molar-refractivity contribution in [3.63, 3.8) is 0 Å². The van der Waals surface area contributed by atoms with Crippen molar-refractivity contribution in [3.05, 3.63) is 11.9 Å². The standard InChI is InChI=1S/C10H17N3O/c1-10(3-5-14-6-4-10)9-8(11)7-12-13(9)2/h7H,3-6,11H2,1-2H3. The maximum absolute atomic E-state index is 5.93. The van der Waals surface area contributed by atoms with Crippen LogP contribution < -0.4 is 5.73 Å². The first-order valence-electron chi connectivity index (χ1n) is 4.99. The molecule has 4 heteroatoms.